The fraction of sp³-hybridized carbons (Fsp3) is 0.0667. The first-order valence-electron chi connectivity index (χ1n) is 6.48. The molecule has 6 heteroatoms. The zero-order valence-corrected chi connectivity index (χ0v) is 11.4. The summed E-state index contributed by atoms with van der Waals surface area (Å²) in [5.41, 5.74) is 27.9. The van der Waals surface area contributed by atoms with E-state index in [1.54, 1.807) is 0 Å². The molecule has 106 valence electrons. The van der Waals surface area contributed by atoms with Crippen molar-refractivity contribution in [3.8, 4) is 11.1 Å². The van der Waals surface area contributed by atoms with Crippen molar-refractivity contribution in [3.63, 3.8) is 0 Å². The van der Waals surface area contributed by atoms with Crippen molar-refractivity contribution in [2.75, 3.05) is 0 Å². The first kappa shape index (κ1) is 13.0. The number of hydrogen-bond donors (Lipinski definition) is 4. The van der Waals surface area contributed by atoms with Gasteiger partial charge in [0, 0.05) is 0 Å². The van der Waals surface area contributed by atoms with E-state index in [0.29, 0.717) is 0 Å². The lowest BCUT2D eigenvalue weighted by Gasteiger charge is -2.03. The Balaban J connectivity index is 2.05. The van der Waals surface area contributed by atoms with Crippen LogP contribution in [0.3, 0.4) is 0 Å². The average molecular weight is 280 g/mol. The van der Waals surface area contributed by atoms with E-state index in [1.807, 2.05) is 36.4 Å². The van der Waals surface area contributed by atoms with Gasteiger partial charge in [0.2, 0.25) is 0 Å². The predicted octanol–water partition coefficient (Wildman–Crippen LogP) is 1.07. The van der Waals surface area contributed by atoms with Gasteiger partial charge in [0.1, 0.15) is 0 Å². The quantitative estimate of drug-likeness (QED) is 0.413. The molecule has 0 unspecified atom stereocenters. The van der Waals surface area contributed by atoms with Gasteiger partial charge in [-0.3, -0.25) is 0 Å². The summed E-state index contributed by atoms with van der Waals surface area (Å²) in [6.07, 6.45) is 0.848. The Kier molecular flexibility index (Phi) is 2.98. The zero-order valence-electron chi connectivity index (χ0n) is 11.4. The van der Waals surface area contributed by atoms with Crippen molar-refractivity contribution < 1.29 is 0 Å². The molecule has 6 nitrogen and oxygen atoms in total. The molecule has 1 aliphatic carbocycles. The van der Waals surface area contributed by atoms with Gasteiger partial charge in [0.25, 0.3) is 0 Å². The van der Waals surface area contributed by atoms with Crippen molar-refractivity contribution in [1.29, 1.82) is 0 Å². The number of fused-ring (bicyclic) bond motifs is 3. The molecule has 0 aromatic heterocycles. The molecule has 0 saturated heterocycles. The van der Waals surface area contributed by atoms with Crippen LogP contribution in [0.2, 0.25) is 0 Å². The van der Waals surface area contributed by atoms with E-state index >= 15 is 0 Å². The molecule has 21 heavy (non-hydrogen) atoms. The third-order valence-corrected chi connectivity index (χ3v) is 3.37. The molecule has 0 atom stereocenters. The van der Waals surface area contributed by atoms with Crippen LogP contribution in [0.25, 0.3) is 11.1 Å². The van der Waals surface area contributed by atoms with Gasteiger partial charge in [-0.25, -0.2) is 9.98 Å². The molecule has 1 aliphatic rings. The molecule has 0 aliphatic heterocycles. The highest BCUT2D eigenvalue weighted by atomic mass is 15.0. The number of nitrogens with zero attached hydrogens (tertiary/aromatic N) is 2. The summed E-state index contributed by atoms with van der Waals surface area (Å²) in [5.74, 6) is 0.108. The first-order chi connectivity index (χ1) is 10.0. The first-order valence-corrected chi connectivity index (χ1v) is 6.48. The van der Waals surface area contributed by atoms with E-state index in [4.69, 9.17) is 22.9 Å². The number of nitrogens with two attached hydrogens (primary N) is 4. The van der Waals surface area contributed by atoms with Crippen molar-refractivity contribution in [2.45, 2.75) is 6.42 Å². The molecular weight excluding hydrogens is 264 g/mol. The van der Waals surface area contributed by atoms with Crippen LogP contribution >= 0.6 is 0 Å². The lowest BCUT2D eigenvalue weighted by Crippen LogP contribution is -2.21. The van der Waals surface area contributed by atoms with Crippen LogP contribution in [0.1, 0.15) is 11.1 Å². The summed E-state index contributed by atoms with van der Waals surface area (Å²) in [4.78, 5) is 8.16. The summed E-state index contributed by atoms with van der Waals surface area (Å²) >= 11 is 0. The summed E-state index contributed by atoms with van der Waals surface area (Å²) < 4.78 is 0. The summed E-state index contributed by atoms with van der Waals surface area (Å²) in [6, 6.07) is 11.8. The minimum absolute atomic E-state index is 0.0521. The second-order valence-corrected chi connectivity index (χ2v) is 4.93. The highest BCUT2D eigenvalue weighted by Gasteiger charge is 2.19. The smallest absolute Gasteiger partial charge is 0.191 e. The summed E-state index contributed by atoms with van der Waals surface area (Å²) in [5, 5.41) is 0. The third-order valence-electron chi connectivity index (χ3n) is 3.37. The van der Waals surface area contributed by atoms with Gasteiger partial charge in [-0.05, 0) is 52.9 Å². The number of rotatable bonds is 2. The molecule has 0 fully saturated rings. The van der Waals surface area contributed by atoms with Gasteiger partial charge < -0.3 is 22.9 Å². The van der Waals surface area contributed by atoms with Crippen LogP contribution in [-0.2, 0) is 6.42 Å². The third kappa shape index (κ3) is 2.51. The second-order valence-electron chi connectivity index (χ2n) is 4.93. The monoisotopic (exact) mass is 280 g/mol. The fourth-order valence-electron chi connectivity index (χ4n) is 2.60. The van der Waals surface area contributed by atoms with Crippen LogP contribution in [0.15, 0.2) is 46.4 Å². The maximum Gasteiger partial charge on any atom is 0.191 e. The standard InChI is InChI=1S/C15H16N6/c16-14(17)20-10-3-4-12-9(6-10)5-8-1-2-11(7-13(8)12)21-15(18)19/h1-4,6-7H,5H2,(H4,16,17,20)(H4,18,19,21). The van der Waals surface area contributed by atoms with E-state index in [9.17, 15) is 0 Å². The lowest BCUT2D eigenvalue weighted by atomic mass is 10.0. The van der Waals surface area contributed by atoms with Crippen LogP contribution in [-0.4, -0.2) is 11.9 Å². The Morgan fingerprint density at radius 3 is 2.00 bits per heavy atom. The van der Waals surface area contributed by atoms with Crippen LogP contribution in [0.4, 0.5) is 11.4 Å². The van der Waals surface area contributed by atoms with Gasteiger partial charge in [-0.2, -0.15) is 0 Å². The maximum absolute atomic E-state index is 5.42. The van der Waals surface area contributed by atoms with Gasteiger partial charge in [0.05, 0.1) is 11.4 Å². The van der Waals surface area contributed by atoms with Crippen molar-refractivity contribution in [1.82, 2.24) is 0 Å². The molecular formula is C15H16N6. The van der Waals surface area contributed by atoms with Crippen molar-refractivity contribution >= 4 is 23.3 Å². The topological polar surface area (TPSA) is 129 Å². The molecule has 0 amide bonds. The molecule has 8 N–H and O–H groups in total. The molecule has 0 spiro atoms. The predicted molar refractivity (Wildman–Crippen MR) is 85.6 cm³/mol. The van der Waals surface area contributed by atoms with Gasteiger partial charge in [-0.15, -0.1) is 0 Å². The maximum atomic E-state index is 5.42. The van der Waals surface area contributed by atoms with E-state index in [2.05, 4.69) is 9.98 Å². The number of aliphatic imine (C=N–C) groups is 2. The van der Waals surface area contributed by atoms with Crippen LogP contribution < -0.4 is 22.9 Å². The number of benzene rings is 2. The fourth-order valence-corrected chi connectivity index (χ4v) is 2.60. The van der Waals surface area contributed by atoms with E-state index < -0.39 is 0 Å². The molecule has 2 aromatic rings. The molecule has 0 heterocycles. The largest absolute Gasteiger partial charge is 0.370 e. The average Bonchev–Trinajstić information content (AvgIpc) is 2.74. The van der Waals surface area contributed by atoms with Gasteiger partial charge in [0.15, 0.2) is 11.9 Å². The lowest BCUT2D eigenvalue weighted by molar-refractivity contribution is 1.25. The van der Waals surface area contributed by atoms with E-state index in [0.717, 1.165) is 28.9 Å². The molecule has 3 rings (SSSR count). The van der Waals surface area contributed by atoms with Crippen LogP contribution in [0.5, 0.6) is 0 Å². The molecule has 0 bridgehead atoms. The van der Waals surface area contributed by atoms with Gasteiger partial charge >= 0.3 is 0 Å². The Labute approximate surface area is 122 Å². The summed E-state index contributed by atoms with van der Waals surface area (Å²) in [7, 11) is 0. The molecule has 0 radical (unpaired) electrons. The van der Waals surface area contributed by atoms with E-state index in [1.165, 1.54) is 11.1 Å². The highest BCUT2D eigenvalue weighted by molar-refractivity contribution is 5.84. The van der Waals surface area contributed by atoms with Gasteiger partial charge in [-0.1, -0.05) is 12.1 Å². The Morgan fingerprint density at radius 1 is 0.714 bits per heavy atom. The zero-order chi connectivity index (χ0) is 15.0. The SMILES string of the molecule is NC(N)=Nc1ccc2c(c1)Cc1ccc(N=C(N)N)cc1-2. The summed E-state index contributed by atoms with van der Waals surface area (Å²) in [6.45, 7) is 0. The second kappa shape index (κ2) is 4.82. The van der Waals surface area contributed by atoms with E-state index in [-0.39, 0.29) is 11.9 Å². The minimum Gasteiger partial charge on any atom is -0.370 e. The molecule has 2 aromatic carbocycles. The Bertz CT molecular complexity index is 768. The highest BCUT2D eigenvalue weighted by Crippen LogP contribution is 2.40. The Morgan fingerprint density at radius 2 is 1.33 bits per heavy atom. The minimum atomic E-state index is 0.0521. The number of guanidine groups is 2. The number of hydrogen-bond acceptors (Lipinski definition) is 2. The van der Waals surface area contributed by atoms with Crippen molar-refractivity contribution in [3.05, 3.63) is 47.5 Å². The van der Waals surface area contributed by atoms with Crippen molar-refractivity contribution in [2.24, 2.45) is 32.9 Å². The van der Waals surface area contributed by atoms with Crippen LogP contribution in [0, 0.1) is 0 Å². The molecule has 0 saturated carbocycles. The normalized spacial score (nSPS) is 11.4. The Hall–Kier alpha value is -3.02.